The Morgan fingerprint density at radius 2 is 1.83 bits per heavy atom. The number of hydrogen-bond donors (Lipinski definition) is 0. The summed E-state index contributed by atoms with van der Waals surface area (Å²) >= 11 is 5.69. The fourth-order valence-electron chi connectivity index (χ4n) is 2.96. The minimum absolute atomic E-state index is 0.264. The van der Waals surface area contributed by atoms with E-state index in [-0.39, 0.29) is 5.88 Å². The Labute approximate surface area is 145 Å². The molecule has 2 aromatic carbocycles. The summed E-state index contributed by atoms with van der Waals surface area (Å²) in [6.07, 6.45) is 0. The van der Waals surface area contributed by atoms with E-state index < -0.39 is 11.8 Å². The first-order chi connectivity index (χ1) is 11.6. The summed E-state index contributed by atoms with van der Waals surface area (Å²) in [6.45, 7) is 1.90. The summed E-state index contributed by atoms with van der Waals surface area (Å²) in [5.74, 6) is -0.682. The molecule has 5 heteroatoms. The molecule has 122 valence electrons. The molecule has 0 bridgehead atoms. The molecule has 0 N–H and O–H groups in total. The summed E-state index contributed by atoms with van der Waals surface area (Å²) in [5, 5.41) is 0. The van der Waals surface area contributed by atoms with Crippen molar-refractivity contribution in [1.29, 1.82) is 0 Å². The van der Waals surface area contributed by atoms with Crippen molar-refractivity contribution >= 4 is 40.4 Å². The van der Waals surface area contributed by atoms with Crippen LogP contribution in [-0.4, -0.2) is 24.8 Å². The van der Waals surface area contributed by atoms with Gasteiger partial charge in [-0.2, -0.15) is 0 Å². The number of ether oxygens (including phenoxy) is 1. The topological polar surface area (TPSA) is 46.6 Å². The zero-order valence-corrected chi connectivity index (χ0v) is 14.1. The number of carbonyl (C=O) groups is 2. The second-order valence-corrected chi connectivity index (χ2v) is 5.68. The van der Waals surface area contributed by atoms with Gasteiger partial charge in [-0.1, -0.05) is 42.5 Å². The molecule has 0 radical (unpaired) electrons. The van der Waals surface area contributed by atoms with Gasteiger partial charge >= 0.3 is 0 Å². The molecule has 2 aromatic rings. The lowest BCUT2D eigenvalue weighted by Gasteiger charge is -2.13. The number of amides is 2. The van der Waals surface area contributed by atoms with Gasteiger partial charge in [0.2, 0.25) is 5.91 Å². The van der Waals surface area contributed by atoms with E-state index in [0.29, 0.717) is 22.6 Å². The lowest BCUT2D eigenvalue weighted by molar-refractivity contribution is -0.122. The van der Waals surface area contributed by atoms with Crippen molar-refractivity contribution in [2.75, 3.05) is 17.9 Å². The molecule has 1 aliphatic rings. The SMILES string of the molecule is COC(=C1C(=O)N(C(=O)CCl)c2cccc(C)c21)c1ccccc1. The van der Waals surface area contributed by atoms with Crippen molar-refractivity contribution in [3.05, 3.63) is 65.2 Å². The number of alkyl halides is 1. The number of rotatable bonds is 3. The van der Waals surface area contributed by atoms with Gasteiger partial charge < -0.3 is 4.74 Å². The maximum Gasteiger partial charge on any atom is 0.269 e. The number of anilines is 1. The molecule has 0 atom stereocenters. The molecule has 0 saturated carbocycles. The van der Waals surface area contributed by atoms with Crippen molar-refractivity contribution in [3.63, 3.8) is 0 Å². The summed E-state index contributed by atoms with van der Waals surface area (Å²) in [5.41, 5.74) is 3.31. The second kappa shape index (κ2) is 6.49. The van der Waals surface area contributed by atoms with Crippen LogP contribution in [0.4, 0.5) is 5.69 Å². The maximum atomic E-state index is 13.0. The molecule has 1 aliphatic heterocycles. The van der Waals surface area contributed by atoms with Crippen LogP contribution >= 0.6 is 11.6 Å². The molecule has 0 spiro atoms. The number of fused-ring (bicyclic) bond motifs is 1. The molecule has 0 fully saturated rings. The molecule has 4 nitrogen and oxygen atoms in total. The first kappa shape index (κ1) is 16.3. The summed E-state index contributed by atoms with van der Waals surface area (Å²) in [6, 6.07) is 14.8. The number of methoxy groups -OCH3 is 1. The van der Waals surface area contributed by atoms with Gasteiger partial charge in [-0.05, 0) is 18.6 Å². The zero-order valence-electron chi connectivity index (χ0n) is 13.4. The number of carbonyl (C=O) groups excluding carboxylic acids is 2. The third kappa shape index (κ3) is 2.49. The monoisotopic (exact) mass is 341 g/mol. The quantitative estimate of drug-likeness (QED) is 0.486. The van der Waals surface area contributed by atoms with E-state index in [1.54, 1.807) is 6.07 Å². The largest absolute Gasteiger partial charge is 0.495 e. The van der Waals surface area contributed by atoms with Crippen LogP contribution in [0.5, 0.6) is 0 Å². The van der Waals surface area contributed by atoms with Crippen LogP contribution in [0.25, 0.3) is 11.3 Å². The first-order valence-electron chi connectivity index (χ1n) is 7.47. The van der Waals surface area contributed by atoms with Gasteiger partial charge in [0.15, 0.2) is 0 Å². The summed E-state index contributed by atoms with van der Waals surface area (Å²) in [7, 11) is 1.52. The Morgan fingerprint density at radius 1 is 1.12 bits per heavy atom. The lowest BCUT2D eigenvalue weighted by Crippen LogP contribution is -2.34. The van der Waals surface area contributed by atoms with Crippen molar-refractivity contribution in [2.24, 2.45) is 0 Å². The van der Waals surface area contributed by atoms with E-state index in [4.69, 9.17) is 16.3 Å². The van der Waals surface area contributed by atoms with Gasteiger partial charge in [0.25, 0.3) is 5.91 Å². The van der Waals surface area contributed by atoms with Crippen molar-refractivity contribution in [2.45, 2.75) is 6.92 Å². The van der Waals surface area contributed by atoms with Gasteiger partial charge in [-0.25, -0.2) is 4.90 Å². The molecular formula is C19H16ClNO3. The number of hydrogen-bond acceptors (Lipinski definition) is 3. The third-order valence-corrected chi connectivity index (χ3v) is 4.22. The molecular weight excluding hydrogens is 326 g/mol. The predicted octanol–water partition coefficient (Wildman–Crippen LogP) is 3.62. The highest BCUT2D eigenvalue weighted by molar-refractivity contribution is 6.46. The van der Waals surface area contributed by atoms with E-state index in [1.165, 1.54) is 7.11 Å². The van der Waals surface area contributed by atoms with Gasteiger partial charge in [-0.15, -0.1) is 11.6 Å². The maximum absolute atomic E-state index is 13.0. The zero-order chi connectivity index (χ0) is 17.3. The molecule has 1 heterocycles. The van der Waals surface area contributed by atoms with E-state index >= 15 is 0 Å². The third-order valence-electron chi connectivity index (χ3n) is 3.99. The van der Waals surface area contributed by atoms with E-state index in [0.717, 1.165) is 16.0 Å². The molecule has 3 rings (SSSR count). The standard InChI is InChI=1S/C19H16ClNO3/c1-12-7-6-10-14-16(12)17(19(23)21(14)15(22)11-20)18(24-2)13-8-4-3-5-9-13/h3-10H,11H2,1-2H3. The first-order valence-corrected chi connectivity index (χ1v) is 8.00. The average molecular weight is 342 g/mol. The Morgan fingerprint density at radius 3 is 2.46 bits per heavy atom. The highest BCUT2D eigenvalue weighted by Gasteiger charge is 2.39. The van der Waals surface area contributed by atoms with Crippen LogP contribution < -0.4 is 4.90 Å². The van der Waals surface area contributed by atoms with Gasteiger partial charge in [0.1, 0.15) is 11.6 Å². The molecule has 0 aromatic heterocycles. The van der Waals surface area contributed by atoms with Crippen molar-refractivity contribution in [3.8, 4) is 0 Å². The van der Waals surface area contributed by atoms with E-state index in [9.17, 15) is 9.59 Å². The Kier molecular flexibility index (Phi) is 4.40. The minimum Gasteiger partial charge on any atom is -0.495 e. The van der Waals surface area contributed by atoms with Crippen LogP contribution in [0.3, 0.4) is 0 Å². The van der Waals surface area contributed by atoms with Gasteiger partial charge in [0.05, 0.1) is 18.4 Å². The molecule has 0 aliphatic carbocycles. The summed E-state index contributed by atoms with van der Waals surface area (Å²) < 4.78 is 5.55. The average Bonchev–Trinajstić information content (AvgIpc) is 2.90. The van der Waals surface area contributed by atoms with E-state index in [2.05, 4.69) is 0 Å². The van der Waals surface area contributed by atoms with Crippen LogP contribution in [0, 0.1) is 6.92 Å². The Balaban J connectivity index is 2.31. The Hall–Kier alpha value is -2.59. The van der Waals surface area contributed by atoms with Crippen LogP contribution in [-0.2, 0) is 14.3 Å². The summed E-state index contributed by atoms with van der Waals surface area (Å²) in [4.78, 5) is 26.3. The predicted molar refractivity (Wildman–Crippen MR) is 94.7 cm³/mol. The van der Waals surface area contributed by atoms with Crippen molar-refractivity contribution in [1.82, 2.24) is 0 Å². The molecule has 0 saturated heterocycles. The second-order valence-electron chi connectivity index (χ2n) is 5.41. The van der Waals surface area contributed by atoms with E-state index in [1.807, 2.05) is 49.4 Å². The fraction of sp³-hybridized carbons (Fsp3) is 0.158. The minimum atomic E-state index is -0.452. The fourth-order valence-corrected chi connectivity index (χ4v) is 3.08. The smallest absolute Gasteiger partial charge is 0.269 e. The number of halogens is 1. The highest BCUT2D eigenvalue weighted by atomic mass is 35.5. The molecule has 0 unspecified atom stereocenters. The van der Waals surface area contributed by atoms with Crippen LogP contribution in [0.2, 0.25) is 0 Å². The van der Waals surface area contributed by atoms with Crippen LogP contribution in [0.15, 0.2) is 48.5 Å². The van der Waals surface area contributed by atoms with Crippen LogP contribution in [0.1, 0.15) is 16.7 Å². The highest BCUT2D eigenvalue weighted by Crippen LogP contribution is 2.42. The Bertz CT molecular complexity index is 843. The number of imide groups is 1. The molecule has 24 heavy (non-hydrogen) atoms. The lowest BCUT2D eigenvalue weighted by atomic mass is 9.98. The number of aryl methyl sites for hydroxylation is 1. The number of benzene rings is 2. The van der Waals surface area contributed by atoms with Crippen molar-refractivity contribution < 1.29 is 14.3 Å². The molecule has 2 amide bonds. The number of nitrogens with zero attached hydrogens (tertiary/aromatic N) is 1. The van der Waals surface area contributed by atoms with Gasteiger partial charge in [-0.3, -0.25) is 9.59 Å². The normalized spacial score (nSPS) is 15.3. The van der Waals surface area contributed by atoms with Gasteiger partial charge in [0, 0.05) is 11.1 Å².